The molecule has 8 heteroatoms. The molecule has 2 N–H and O–H groups in total. The Morgan fingerprint density at radius 3 is 2.27 bits per heavy atom. The molecule has 0 aromatic heterocycles. The molecule has 8 nitrogen and oxygen atoms in total. The lowest BCUT2D eigenvalue weighted by Crippen LogP contribution is -2.30. The van der Waals surface area contributed by atoms with Crippen LogP contribution in [0, 0.1) is 10.1 Å². The van der Waals surface area contributed by atoms with Crippen LogP contribution in [0.4, 0.5) is 5.69 Å². The zero-order valence-corrected chi connectivity index (χ0v) is 16.4. The first-order valence-electron chi connectivity index (χ1n) is 9.67. The highest BCUT2D eigenvalue weighted by atomic mass is 16.6. The molecular formula is C22H22N2O6. The van der Waals surface area contributed by atoms with E-state index in [1.165, 1.54) is 41.3 Å². The molecule has 1 unspecified atom stereocenters. The summed E-state index contributed by atoms with van der Waals surface area (Å²) in [5.74, 6) is -1.86. The summed E-state index contributed by atoms with van der Waals surface area (Å²) in [4.78, 5) is 37.3. The molecule has 1 amide bonds. The summed E-state index contributed by atoms with van der Waals surface area (Å²) in [6.07, 6.45) is 2.53. The molecule has 1 heterocycles. The van der Waals surface area contributed by atoms with E-state index in [1.54, 1.807) is 12.1 Å². The maximum absolute atomic E-state index is 12.8. The van der Waals surface area contributed by atoms with Crippen LogP contribution in [0.25, 0.3) is 5.76 Å². The lowest BCUT2D eigenvalue weighted by atomic mass is 9.95. The van der Waals surface area contributed by atoms with Gasteiger partial charge in [-0.3, -0.25) is 19.7 Å². The molecule has 3 rings (SSSR count). The van der Waals surface area contributed by atoms with Gasteiger partial charge in [-0.2, -0.15) is 0 Å². The lowest BCUT2D eigenvalue weighted by Gasteiger charge is -2.25. The van der Waals surface area contributed by atoms with Gasteiger partial charge in [0.05, 0.1) is 16.5 Å². The average molecular weight is 410 g/mol. The molecule has 2 aromatic carbocycles. The number of aliphatic hydroxyl groups is 1. The molecule has 0 bridgehead atoms. The minimum atomic E-state index is -0.808. The van der Waals surface area contributed by atoms with Crippen LogP contribution in [-0.4, -0.2) is 38.3 Å². The molecule has 0 spiro atoms. The Hall–Kier alpha value is -3.68. The molecule has 1 atom stereocenters. The number of Topliss-reactive ketones (excluding diaryl/α,β-unsaturated/α-hetero) is 1. The number of nitro benzene ring substituents is 1. The third-order valence-corrected chi connectivity index (χ3v) is 5.10. The number of nitrogens with zero attached hydrogens (tertiary/aromatic N) is 2. The van der Waals surface area contributed by atoms with Gasteiger partial charge in [-0.05, 0) is 36.2 Å². The Morgan fingerprint density at radius 1 is 1.07 bits per heavy atom. The van der Waals surface area contributed by atoms with Crippen LogP contribution in [0.1, 0.15) is 43.4 Å². The van der Waals surface area contributed by atoms with E-state index >= 15 is 0 Å². The van der Waals surface area contributed by atoms with E-state index in [0.717, 1.165) is 12.8 Å². The molecule has 1 aliphatic rings. The van der Waals surface area contributed by atoms with Crippen molar-refractivity contribution >= 4 is 23.1 Å². The number of nitro groups is 1. The highest BCUT2D eigenvalue weighted by Crippen LogP contribution is 2.40. The van der Waals surface area contributed by atoms with Gasteiger partial charge in [0.25, 0.3) is 17.4 Å². The smallest absolute Gasteiger partial charge is 0.295 e. The number of non-ortho nitro benzene ring substituents is 1. The zero-order valence-electron chi connectivity index (χ0n) is 16.4. The second-order valence-corrected chi connectivity index (χ2v) is 7.10. The van der Waals surface area contributed by atoms with Gasteiger partial charge < -0.3 is 15.1 Å². The van der Waals surface area contributed by atoms with Crippen LogP contribution in [-0.2, 0) is 9.59 Å². The predicted octanol–water partition coefficient (Wildman–Crippen LogP) is 3.91. The van der Waals surface area contributed by atoms with Crippen LogP contribution in [0.2, 0.25) is 0 Å². The van der Waals surface area contributed by atoms with Crippen LogP contribution in [0.15, 0.2) is 54.1 Å². The number of carbonyl (C=O) groups excluding carboxylic acids is 2. The molecule has 1 fully saturated rings. The SMILES string of the molecule is CCCCCN1C(=O)C(=O)/C(=C(\O)c2ccc([N+](=O)[O-])cc2)C1c1ccc(O)cc1. The predicted molar refractivity (Wildman–Crippen MR) is 110 cm³/mol. The van der Waals surface area contributed by atoms with E-state index < -0.39 is 22.7 Å². The van der Waals surface area contributed by atoms with E-state index in [4.69, 9.17) is 0 Å². The lowest BCUT2D eigenvalue weighted by molar-refractivity contribution is -0.384. The van der Waals surface area contributed by atoms with Crippen molar-refractivity contribution in [2.45, 2.75) is 32.2 Å². The van der Waals surface area contributed by atoms with Crippen molar-refractivity contribution in [2.24, 2.45) is 0 Å². The summed E-state index contributed by atoms with van der Waals surface area (Å²) in [5, 5.41) is 31.3. The summed E-state index contributed by atoms with van der Waals surface area (Å²) in [7, 11) is 0. The monoisotopic (exact) mass is 410 g/mol. The fraction of sp³-hybridized carbons (Fsp3) is 0.273. The van der Waals surface area contributed by atoms with E-state index in [0.29, 0.717) is 18.5 Å². The van der Waals surface area contributed by atoms with Gasteiger partial charge >= 0.3 is 0 Å². The van der Waals surface area contributed by atoms with Crippen LogP contribution < -0.4 is 0 Å². The standard InChI is InChI=1S/C22H22N2O6/c1-2-3-4-13-23-19(14-7-11-17(25)12-8-14)18(21(27)22(23)28)20(26)15-5-9-16(10-6-15)24(29)30/h5-12,19,25-26H,2-4,13H2,1H3/b20-18-. The summed E-state index contributed by atoms with van der Waals surface area (Å²) >= 11 is 0. The maximum atomic E-state index is 12.8. The summed E-state index contributed by atoms with van der Waals surface area (Å²) in [6, 6.07) is 10.4. The Bertz CT molecular complexity index is 995. The number of hydrogen-bond acceptors (Lipinski definition) is 6. The van der Waals surface area contributed by atoms with Gasteiger partial charge in [0.15, 0.2) is 0 Å². The number of amides is 1. The molecule has 1 aliphatic heterocycles. The number of likely N-dealkylation sites (tertiary alicyclic amines) is 1. The van der Waals surface area contributed by atoms with Crippen LogP contribution in [0.5, 0.6) is 5.75 Å². The second-order valence-electron chi connectivity index (χ2n) is 7.10. The first kappa shape index (κ1) is 21.0. The van der Waals surface area contributed by atoms with Crippen molar-refractivity contribution in [3.8, 4) is 5.75 Å². The van der Waals surface area contributed by atoms with Crippen molar-refractivity contribution in [3.05, 3.63) is 75.3 Å². The third kappa shape index (κ3) is 4.03. The second kappa shape index (κ2) is 8.77. The van der Waals surface area contributed by atoms with Crippen LogP contribution in [0.3, 0.4) is 0 Å². The first-order chi connectivity index (χ1) is 14.3. The molecular weight excluding hydrogens is 388 g/mol. The Kier molecular flexibility index (Phi) is 6.15. The van der Waals surface area contributed by atoms with Crippen molar-refractivity contribution in [1.29, 1.82) is 0 Å². The molecule has 0 radical (unpaired) electrons. The molecule has 0 saturated carbocycles. The van der Waals surface area contributed by atoms with Crippen LogP contribution >= 0.6 is 0 Å². The fourth-order valence-corrected chi connectivity index (χ4v) is 3.54. The highest BCUT2D eigenvalue weighted by Gasteiger charge is 2.45. The van der Waals surface area contributed by atoms with Gasteiger partial charge in [-0.1, -0.05) is 31.9 Å². The van der Waals surface area contributed by atoms with Gasteiger partial charge in [0.2, 0.25) is 0 Å². The Balaban J connectivity index is 2.09. The topological polar surface area (TPSA) is 121 Å². The van der Waals surface area contributed by atoms with E-state index in [9.17, 15) is 29.9 Å². The minimum Gasteiger partial charge on any atom is -0.508 e. The summed E-state index contributed by atoms with van der Waals surface area (Å²) in [5.41, 5.74) is 0.556. The highest BCUT2D eigenvalue weighted by molar-refractivity contribution is 6.46. The molecule has 2 aromatic rings. The van der Waals surface area contributed by atoms with E-state index in [-0.39, 0.29) is 28.3 Å². The Morgan fingerprint density at radius 2 is 1.70 bits per heavy atom. The number of aromatic hydroxyl groups is 1. The Labute approximate surface area is 173 Å². The maximum Gasteiger partial charge on any atom is 0.295 e. The largest absolute Gasteiger partial charge is 0.508 e. The molecule has 30 heavy (non-hydrogen) atoms. The number of hydrogen-bond donors (Lipinski definition) is 2. The quantitative estimate of drug-likeness (QED) is 0.178. The number of carbonyl (C=O) groups is 2. The average Bonchev–Trinajstić information content (AvgIpc) is 2.99. The van der Waals surface area contributed by atoms with Gasteiger partial charge in [0, 0.05) is 24.2 Å². The number of phenols is 1. The van der Waals surface area contributed by atoms with E-state index in [1.807, 2.05) is 6.92 Å². The van der Waals surface area contributed by atoms with Crippen molar-refractivity contribution in [3.63, 3.8) is 0 Å². The number of unbranched alkanes of at least 4 members (excludes halogenated alkanes) is 2. The normalized spacial score (nSPS) is 18.0. The minimum absolute atomic E-state index is 0.0389. The number of ketones is 1. The molecule has 1 saturated heterocycles. The van der Waals surface area contributed by atoms with Gasteiger partial charge in [0.1, 0.15) is 11.5 Å². The van der Waals surface area contributed by atoms with Gasteiger partial charge in [-0.25, -0.2) is 0 Å². The summed E-state index contributed by atoms with van der Waals surface area (Å²) < 4.78 is 0. The number of phenolic OH excluding ortho intramolecular Hbond substituents is 1. The van der Waals surface area contributed by atoms with Crippen molar-refractivity contribution < 1.29 is 24.7 Å². The molecule has 156 valence electrons. The first-order valence-corrected chi connectivity index (χ1v) is 9.67. The summed E-state index contributed by atoms with van der Waals surface area (Å²) in [6.45, 7) is 2.38. The van der Waals surface area contributed by atoms with Crippen molar-refractivity contribution in [1.82, 2.24) is 4.90 Å². The third-order valence-electron chi connectivity index (χ3n) is 5.10. The molecule has 0 aliphatic carbocycles. The number of rotatable bonds is 7. The zero-order chi connectivity index (χ0) is 21.8. The van der Waals surface area contributed by atoms with Crippen molar-refractivity contribution in [2.75, 3.05) is 6.54 Å². The van der Waals surface area contributed by atoms with Gasteiger partial charge in [-0.15, -0.1) is 0 Å². The fourth-order valence-electron chi connectivity index (χ4n) is 3.54. The number of benzene rings is 2. The van der Waals surface area contributed by atoms with E-state index in [2.05, 4.69) is 0 Å². The number of aliphatic hydroxyl groups excluding tert-OH is 1.